The van der Waals surface area contributed by atoms with Gasteiger partial charge in [-0.05, 0) is 0 Å². The van der Waals surface area contributed by atoms with Gasteiger partial charge in [0.2, 0.25) is 0 Å². The van der Waals surface area contributed by atoms with Crippen LogP contribution in [0.15, 0.2) is 4.99 Å². The van der Waals surface area contributed by atoms with Crippen molar-refractivity contribution in [3.63, 3.8) is 0 Å². The molecular formula is C3H5NOS. The average Bonchev–Trinajstić information content (AvgIpc) is 1.72. The second-order valence-electron chi connectivity index (χ2n) is 0.930. The molecule has 1 aliphatic heterocycles. The Labute approximate surface area is 40.8 Å². The molecule has 0 aromatic rings. The zero-order valence-corrected chi connectivity index (χ0v) is 4.07. The Morgan fingerprint density at radius 1 is 1.83 bits per heavy atom. The summed E-state index contributed by atoms with van der Waals surface area (Å²) in [6.45, 7) is 0.907. The summed E-state index contributed by atoms with van der Waals surface area (Å²) >= 11 is 1.45. The molecule has 0 N–H and O–H groups in total. The maximum Gasteiger partial charge on any atom is 0.186 e. The summed E-state index contributed by atoms with van der Waals surface area (Å²) < 4.78 is 4.69. The van der Waals surface area contributed by atoms with E-state index in [2.05, 4.69) is 4.99 Å². The summed E-state index contributed by atoms with van der Waals surface area (Å²) in [6, 6.07) is 0. The molecule has 0 amide bonds. The molecule has 0 radical (unpaired) electrons. The smallest absolute Gasteiger partial charge is 0.186 e. The molecule has 0 fully saturated rings. The molecule has 1 heterocycles. The first-order valence-corrected chi connectivity index (χ1v) is 2.68. The number of hydrogen-bond acceptors (Lipinski definition) is 3. The first-order valence-electron chi connectivity index (χ1n) is 1.77. The van der Waals surface area contributed by atoms with E-state index in [0.29, 0.717) is 0 Å². The van der Waals surface area contributed by atoms with Crippen LogP contribution in [0.1, 0.15) is 0 Å². The average molecular weight is 103 g/mol. The molecule has 0 aliphatic carbocycles. The predicted molar refractivity (Wildman–Crippen MR) is 26.9 cm³/mol. The van der Waals surface area contributed by atoms with Crippen molar-refractivity contribution in [3.8, 4) is 0 Å². The molecular weight excluding hydrogens is 98.1 g/mol. The fraction of sp³-hybridized carbons (Fsp3) is 0.667. The van der Waals surface area contributed by atoms with Gasteiger partial charge >= 0.3 is 0 Å². The first-order chi connectivity index (χ1) is 3.00. The molecule has 0 saturated heterocycles. The van der Waals surface area contributed by atoms with Gasteiger partial charge in [0, 0.05) is 0 Å². The predicted octanol–water partition coefficient (Wildman–Crippen LogP) is 0.693. The lowest BCUT2D eigenvalue weighted by atomic mass is 10.8. The van der Waals surface area contributed by atoms with Crippen LogP contribution in [0.4, 0.5) is 0 Å². The summed E-state index contributed by atoms with van der Waals surface area (Å²) in [5.74, 6) is 0.997. The summed E-state index contributed by atoms with van der Waals surface area (Å²) in [6.07, 6.45) is 1.48. The van der Waals surface area contributed by atoms with Gasteiger partial charge in [0.25, 0.3) is 0 Å². The molecule has 0 bridgehead atoms. The minimum absolute atomic E-state index is 0.907. The maximum absolute atomic E-state index is 4.69. The number of hydrogen-bond donors (Lipinski definition) is 0. The maximum atomic E-state index is 4.69. The number of aliphatic imine (C=N–C) groups is 1. The molecule has 6 heavy (non-hydrogen) atoms. The molecule has 0 atom stereocenters. The first kappa shape index (κ1) is 3.99. The highest BCUT2D eigenvalue weighted by molar-refractivity contribution is 7.95. The lowest BCUT2D eigenvalue weighted by Gasteiger charge is -1.98. The zero-order valence-electron chi connectivity index (χ0n) is 3.26. The Bertz CT molecular complexity index is 55.8. The Balaban J connectivity index is 2.26. The quantitative estimate of drug-likeness (QED) is 0.421. The van der Waals surface area contributed by atoms with E-state index in [0.717, 1.165) is 12.3 Å². The zero-order chi connectivity index (χ0) is 4.24. The molecule has 1 aliphatic rings. The second-order valence-corrected chi connectivity index (χ2v) is 1.77. The van der Waals surface area contributed by atoms with Crippen LogP contribution in [0.5, 0.6) is 0 Å². The summed E-state index contributed by atoms with van der Waals surface area (Å²) in [5.41, 5.74) is 0. The third-order valence-electron chi connectivity index (χ3n) is 0.489. The van der Waals surface area contributed by atoms with Gasteiger partial charge in [-0.3, -0.25) is 4.99 Å². The minimum Gasteiger partial charge on any atom is -0.414 e. The molecule has 0 spiro atoms. The lowest BCUT2D eigenvalue weighted by Crippen LogP contribution is -1.93. The molecule has 3 heteroatoms. The largest absolute Gasteiger partial charge is 0.414 e. The van der Waals surface area contributed by atoms with Crippen LogP contribution >= 0.6 is 12.0 Å². The van der Waals surface area contributed by atoms with E-state index in [1.165, 1.54) is 18.4 Å². The van der Waals surface area contributed by atoms with Crippen LogP contribution in [-0.2, 0) is 4.18 Å². The highest BCUT2D eigenvalue weighted by Crippen LogP contribution is 2.02. The highest BCUT2D eigenvalue weighted by atomic mass is 32.2. The molecule has 0 aromatic heterocycles. The van der Waals surface area contributed by atoms with E-state index in [9.17, 15) is 0 Å². The van der Waals surface area contributed by atoms with Gasteiger partial charge in [0.05, 0.1) is 24.3 Å². The lowest BCUT2D eigenvalue weighted by molar-refractivity contribution is 0.655. The number of nitrogens with zero attached hydrogens (tertiary/aromatic N) is 1. The van der Waals surface area contributed by atoms with Crippen molar-refractivity contribution >= 4 is 18.4 Å². The van der Waals surface area contributed by atoms with Gasteiger partial charge < -0.3 is 4.18 Å². The molecule has 2 nitrogen and oxygen atoms in total. The Kier molecular flexibility index (Phi) is 1.38. The van der Waals surface area contributed by atoms with E-state index >= 15 is 0 Å². The number of rotatable bonds is 0. The van der Waals surface area contributed by atoms with Gasteiger partial charge in [-0.1, -0.05) is 0 Å². The van der Waals surface area contributed by atoms with Crippen molar-refractivity contribution in [1.82, 2.24) is 0 Å². The molecule has 0 unspecified atom stereocenters. The van der Waals surface area contributed by atoms with Crippen LogP contribution < -0.4 is 0 Å². The monoisotopic (exact) mass is 103 g/mol. The highest BCUT2D eigenvalue weighted by Gasteiger charge is 1.89. The van der Waals surface area contributed by atoms with Crippen molar-refractivity contribution < 1.29 is 4.18 Å². The van der Waals surface area contributed by atoms with E-state index in [4.69, 9.17) is 4.18 Å². The molecule has 1 rings (SSSR count). The normalized spacial score (nSPS) is 20.0. The van der Waals surface area contributed by atoms with Crippen LogP contribution in [0.2, 0.25) is 0 Å². The van der Waals surface area contributed by atoms with E-state index in [-0.39, 0.29) is 0 Å². The van der Waals surface area contributed by atoms with Crippen LogP contribution in [-0.4, -0.2) is 18.7 Å². The molecule has 34 valence electrons. The fourth-order valence-corrected chi connectivity index (χ4v) is 0.650. The van der Waals surface area contributed by atoms with Crippen LogP contribution in [0.25, 0.3) is 0 Å². The van der Waals surface area contributed by atoms with E-state index < -0.39 is 0 Å². The molecule has 0 aromatic carbocycles. The Hall–Kier alpha value is -0.180. The summed E-state index contributed by atoms with van der Waals surface area (Å²) in [5, 5.41) is 0. The van der Waals surface area contributed by atoms with Crippen molar-refractivity contribution in [2.24, 2.45) is 4.99 Å². The summed E-state index contributed by atoms with van der Waals surface area (Å²) in [4.78, 5) is 3.81. The molecule has 0 saturated carbocycles. The van der Waals surface area contributed by atoms with Gasteiger partial charge in [-0.2, -0.15) is 0 Å². The SMILES string of the molecule is C1=NCCSO1. The van der Waals surface area contributed by atoms with Crippen LogP contribution in [0, 0.1) is 0 Å². The van der Waals surface area contributed by atoms with Gasteiger partial charge in [-0.25, -0.2) is 0 Å². The van der Waals surface area contributed by atoms with Crippen LogP contribution in [0.3, 0.4) is 0 Å². The van der Waals surface area contributed by atoms with E-state index in [1.807, 2.05) is 0 Å². The minimum atomic E-state index is 0.907. The third kappa shape index (κ3) is 0.897. The Morgan fingerprint density at radius 3 is 3.00 bits per heavy atom. The van der Waals surface area contributed by atoms with Crippen molar-refractivity contribution in [1.29, 1.82) is 0 Å². The Morgan fingerprint density at radius 2 is 2.83 bits per heavy atom. The standard InChI is InChI=1S/C3H5NOS/c1-2-6-5-3-4-1/h3H,1-2H2. The van der Waals surface area contributed by atoms with Gasteiger partial charge in [-0.15, -0.1) is 0 Å². The topological polar surface area (TPSA) is 21.6 Å². The van der Waals surface area contributed by atoms with Gasteiger partial charge in [0.1, 0.15) is 0 Å². The second kappa shape index (κ2) is 2.08. The third-order valence-corrected chi connectivity index (χ3v) is 1.06. The van der Waals surface area contributed by atoms with Crippen molar-refractivity contribution in [2.75, 3.05) is 12.3 Å². The van der Waals surface area contributed by atoms with Crippen molar-refractivity contribution in [3.05, 3.63) is 0 Å². The van der Waals surface area contributed by atoms with E-state index in [1.54, 1.807) is 0 Å². The van der Waals surface area contributed by atoms with Gasteiger partial charge in [0.15, 0.2) is 6.40 Å². The summed E-state index contributed by atoms with van der Waals surface area (Å²) in [7, 11) is 0. The van der Waals surface area contributed by atoms with Crippen molar-refractivity contribution in [2.45, 2.75) is 0 Å². The fourth-order valence-electron chi connectivity index (χ4n) is 0.252.